The van der Waals surface area contributed by atoms with E-state index in [0.717, 1.165) is 25.7 Å². The zero-order valence-electron chi connectivity index (χ0n) is 14.2. The molecule has 4 nitrogen and oxygen atoms in total. The van der Waals surface area contributed by atoms with Crippen LogP contribution in [0.3, 0.4) is 0 Å². The third-order valence-electron chi connectivity index (χ3n) is 4.77. The summed E-state index contributed by atoms with van der Waals surface area (Å²) in [4.78, 5) is 12.7. The number of aromatic nitrogens is 2. The highest BCUT2D eigenvalue weighted by Gasteiger charge is 2.37. The van der Waals surface area contributed by atoms with E-state index in [1.807, 2.05) is 0 Å². The van der Waals surface area contributed by atoms with Crippen molar-refractivity contribution in [3.8, 4) is 5.75 Å². The maximum Gasteiger partial charge on any atom is 0.274 e. The molecule has 0 aliphatic heterocycles. The van der Waals surface area contributed by atoms with Crippen LogP contribution in [0.1, 0.15) is 57.7 Å². The molecule has 0 radical (unpaired) electrons. The number of nitrogens with zero attached hydrogens (tertiary/aromatic N) is 2. The third-order valence-corrected chi connectivity index (χ3v) is 4.77. The summed E-state index contributed by atoms with van der Waals surface area (Å²) in [6, 6.07) is 0. The summed E-state index contributed by atoms with van der Waals surface area (Å²) in [7, 11) is 1.64. The molecule has 1 aliphatic carbocycles. The average Bonchev–Trinajstić information content (AvgIpc) is 2.52. The SMILES string of the molecule is CCC1=CC(CC)(c2c(O)c(C)nn(C)c2=O)CC(CC)=C1. The molecule has 1 unspecified atom stereocenters. The Kier molecular flexibility index (Phi) is 4.59. The molecule has 4 heteroatoms. The second-order valence-electron chi connectivity index (χ2n) is 6.15. The lowest BCUT2D eigenvalue weighted by molar-refractivity contribution is 0.406. The van der Waals surface area contributed by atoms with E-state index >= 15 is 0 Å². The van der Waals surface area contributed by atoms with Crippen molar-refractivity contribution in [2.45, 2.75) is 58.8 Å². The Labute approximate surface area is 132 Å². The molecule has 120 valence electrons. The molecule has 0 bridgehead atoms. The maximum absolute atomic E-state index is 12.7. The highest BCUT2D eigenvalue weighted by Crippen LogP contribution is 2.43. The fraction of sp³-hybridized carbons (Fsp3) is 0.556. The van der Waals surface area contributed by atoms with Gasteiger partial charge in [0, 0.05) is 12.5 Å². The van der Waals surface area contributed by atoms with Crippen LogP contribution >= 0.6 is 0 Å². The van der Waals surface area contributed by atoms with Gasteiger partial charge in [-0.1, -0.05) is 44.1 Å². The summed E-state index contributed by atoms with van der Waals surface area (Å²) in [6.07, 6.45) is 7.88. The molecule has 0 amide bonds. The van der Waals surface area contributed by atoms with E-state index in [1.54, 1.807) is 14.0 Å². The second-order valence-corrected chi connectivity index (χ2v) is 6.15. The molecule has 1 heterocycles. The Balaban J connectivity index is 2.75. The molecule has 2 rings (SSSR count). The van der Waals surface area contributed by atoms with E-state index in [1.165, 1.54) is 15.8 Å². The van der Waals surface area contributed by atoms with Crippen molar-refractivity contribution in [3.05, 3.63) is 44.9 Å². The van der Waals surface area contributed by atoms with Gasteiger partial charge < -0.3 is 5.11 Å². The van der Waals surface area contributed by atoms with Gasteiger partial charge in [-0.15, -0.1) is 0 Å². The van der Waals surface area contributed by atoms with Crippen molar-refractivity contribution in [3.63, 3.8) is 0 Å². The Morgan fingerprint density at radius 1 is 1.32 bits per heavy atom. The number of rotatable bonds is 4. The predicted octanol–water partition coefficient (Wildman–Crippen LogP) is 3.52. The predicted molar refractivity (Wildman–Crippen MR) is 89.2 cm³/mol. The highest BCUT2D eigenvalue weighted by atomic mass is 16.3. The molecule has 1 atom stereocenters. The van der Waals surface area contributed by atoms with Gasteiger partial charge in [-0.2, -0.15) is 5.10 Å². The monoisotopic (exact) mass is 302 g/mol. The van der Waals surface area contributed by atoms with Gasteiger partial charge in [0.1, 0.15) is 11.4 Å². The van der Waals surface area contributed by atoms with Crippen molar-refractivity contribution in [2.75, 3.05) is 0 Å². The topological polar surface area (TPSA) is 55.1 Å². The Hall–Kier alpha value is -1.84. The van der Waals surface area contributed by atoms with Crippen LogP contribution in [0.25, 0.3) is 0 Å². The minimum atomic E-state index is -0.432. The van der Waals surface area contributed by atoms with Crippen LogP contribution in [0.4, 0.5) is 0 Å². The van der Waals surface area contributed by atoms with E-state index in [4.69, 9.17) is 0 Å². The lowest BCUT2D eigenvalue weighted by atomic mass is 9.69. The molecule has 1 N–H and O–H groups in total. The first-order valence-electron chi connectivity index (χ1n) is 8.07. The van der Waals surface area contributed by atoms with Crippen molar-refractivity contribution in [1.82, 2.24) is 9.78 Å². The van der Waals surface area contributed by atoms with Crippen LogP contribution < -0.4 is 5.56 Å². The van der Waals surface area contributed by atoms with Crippen LogP contribution in [0.15, 0.2) is 28.1 Å². The smallest absolute Gasteiger partial charge is 0.274 e. The number of hydrogen-bond acceptors (Lipinski definition) is 3. The lowest BCUT2D eigenvalue weighted by Gasteiger charge is -2.35. The van der Waals surface area contributed by atoms with Crippen molar-refractivity contribution in [2.24, 2.45) is 7.05 Å². The van der Waals surface area contributed by atoms with E-state index in [-0.39, 0.29) is 11.3 Å². The third kappa shape index (κ3) is 2.62. The zero-order chi connectivity index (χ0) is 16.5. The van der Waals surface area contributed by atoms with Crippen LogP contribution in [0.5, 0.6) is 5.75 Å². The summed E-state index contributed by atoms with van der Waals surface area (Å²) in [5.74, 6) is 0.0500. The molecule has 1 aromatic rings. The number of allylic oxidation sites excluding steroid dienone is 4. The molecule has 22 heavy (non-hydrogen) atoms. The molecule has 0 fully saturated rings. The van der Waals surface area contributed by atoms with Crippen LogP contribution in [-0.2, 0) is 12.5 Å². The van der Waals surface area contributed by atoms with Gasteiger partial charge in [0.25, 0.3) is 5.56 Å². The Morgan fingerprint density at radius 2 is 2.00 bits per heavy atom. The number of hydrogen-bond donors (Lipinski definition) is 1. The molecule has 1 aliphatic rings. The minimum absolute atomic E-state index is 0.0500. The van der Waals surface area contributed by atoms with E-state index in [9.17, 15) is 9.90 Å². The molecule has 0 aromatic carbocycles. The first-order chi connectivity index (χ1) is 10.4. The van der Waals surface area contributed by atoms with E-state index < -0.39 is 5.41 Å². The van der Waals surface area contributed by atoms with E-state index in [2.05, 4.69) is 38.0 Å². The minimum Gasteiger partial charge on any atom is -0.505 e. The normalized spacial score (nSPS) is 21.5. The number of aryl methyl sites for hydroxylation is 2. The first-order valence-corrected chi connectivity index (χ1v) is 8.07. The van der Waals surface area contributed by atoms with Gasteiger partial charge in [0.15, 0.2) is 0 Å². The van der Waals surface area contributed by atoms with Crippen LogP contribution in [-0.4, -0.2) is 14.9 Å². The summed E-state index contributed by atoms with van der Waals surface area (Å²) in [6.45, 7) is 8.08. The Morgan fingerprint density at radius 3 is 2.55 bits per heavy atom. The summed E-state index contributed by atoms with van der Waals surface area (Å²) < 4.78 is 1.34. The summed E-state index contributed by atoms with van der Waals surface area (Å²) in [5.41, 5.74) is 2.93. The highest BCUT2D eigenvalue weighted by molar-refractivity contribution is 5.48. The van der Waals surface area contributed by atoms with Crippen LogP contribution in [0, 0.1) is 6.92 Å². The largest absolute Gasteiger partial charge is 0.505 e. The van der Waals surface area contributed by atoms with Gasteiger partial charge in [0.05, 0.1) is 5.56 Å². The zero-order valence-corrected chi connectivity index (χ0v) is 14.2. The van der Waals surface area contributed by atoms with Gasteiger partial charge in [-0.05, 0) is 32.6 Å². The Bertz CT molecular complexity index is 698. The average molecular weight is 302 g/mol. The first kappa shape index (κ1) is 16.5. The lowest BCUT2D eigenvalue weighted by Crippen LogP contribution is -2.37. The van der Waals surface area contributed by atoms with Gasteiger partial charge in [0.2, 0.25) is 0 Å². The second kappa shape index (κ2) is 6.11. The fourth-order valence-corrected chi connectivity index (χ4v) is 3.37. The molecule has 0 spiro atoms. The molecular formula is C18H26N2O2. The quantitative estimate of drug-likeness (QED) is 0.926. The van der Waals surface area contributed by atoms with Crippen molar-refractivity contribution in [1.29, 1.82) is 0 Å². The van der Waals surface area contributed by atoms with Crippen LogP contribution in [0.2, 0.25) is 0 Å². The molecular weight excluding hydrogens is 276 g/mol. The molecule has 0 saturated carbocycles. The van der Waals surface area contributed by atoms with E-state index in [0.29, 0.717) is 11.3 Å². The molecule has 1 aromatic heterocycles. The standard InChI is InChI=1S/C18H26N2O2/c1-6-13-9-14(7-2)11-18(8-3,10-13)15-16(21)12(4)19-20(5)17(15)22/h9-10,21H,6-8,11H2,1-5H3. The van der Waals surface area contributed by atoms with Crippen molar-refractivity contribution >= 4 is 0 Å². The molecule has 0 saturated heterocycles. The van der Waals surface area contributed by atoms with Gasteiger partial charge in [-0.25, -0.2) is 4.68 Å². The maximum atomic E-state index is 12.7. The fourth-order valence-electron chi connectivity index (χ4n) is 3.37. The number of aromatic hydroxyl groups is 1. The summed E-state index contributed by atoms with van der Waals surface area (Å²) >= 11 is 0. The van der Waals surface area contributed by atoms with Gasteiger partial charge >= 0.3 is 0 Å². The van der Waals surface area contributed by atoms with Gasteiger partial charge in [-0.3, -0.25) is 4.79 Å². The van der Waals surface area contributed by atoms with Crippen molar-refractivity contribution < 1.29 is 5.11 Å². The summed E-state index contributed by atoms with van der Waals surface area (Å²) in [5, 5.41) is 14.6.